The summed E-state index contributed by atoms with van der Waals surface area (Å²) in [5.74, 6) is 2.06. The van der Waals surface area contributed by atoms with Crippen molar-refractivity contribution in [3.8, 4) is 11.5 Å². The molecule has 26 heavy (non-hydrogen) atoms. The quantitative estimate of drug-likeness (QED) is 0.613. The van der Waals surface area contributed by atoms with E-state index in [-0.39, 0.29) is 5.95 Å². The van der Waals surface area contributed by atoms with E-state index in [1.807, 2.05) is 25.1 Å². The molecule has 0 atom stereocenters. The first kappa shape index (κ1) is 17.7. The number of nitrogens with two attached hydrogens (primary N) is 2. The van der Waals surface area contributed by atoms with Gasteiger partial charge in [-0.15, -0.1) is 0 Å². The van der Waals surface area contributed by atoms with Gasteiger partial charge in [0, 0.05) is 24.8 Å². The first-order valence-electron chi connectivity index (χ1n) is 8.12. The van der Waals surface area contributed by atoms with E-state index in [0.29, 0.717) is 24.6 Å². The lowest BCUT2D eigenvalue weighted by atomic mass is 10.1. The van der Waals surface area contributed by atoms with E-state index in [2.05, 4.69) is 20.3 Å². The number of aromatic nitrogens is 3. The number of hydrogen-bond donors (Lipinski definition) is 3. The summed E-state index contributed by atoms with van der Waals surface area (Å²) in [6.07, 6.45) is 1.78. The predicted octanol–water partition coefficient (Wildman–Crippen LogP) is 1.80. The number of rotatable bonds is 6. The number of pyridine rings is 1. The third kappa shape index (κ3) is 3.45. The van der Waals surface area contributed by atoms with Crippen molar-refractivity contribution < 1.29 is 9.47 Å². The summed E-state index contributed by atoms with van der Waals surface area (Å²) in [5.41, 5.74) is 15.1. The Hall–Kier alpha value is -3.13. The van der Waals surface area contributed by atoms with Crippen LogP contribution in [0.3, 0.4) is 0 Å². The van der Waals surface area contributed by atoms with Crippen molar-refractivity contribution in [1.82, 2.24) is 20.3 Å². The second kappa shape index (κ2) is 7.40. The Morgan fingerprint density at radius 2 is 1.81 bits per heavy atom. The molecular weight excluding hydrogens is 332 g/mol. The molecule has 0 radical (unpaired) electrons. The summed E-state index contributed by atoms with van der Waals surface area (Å²) in [5, 5.41) is 4.13. The molecule has 0 aliphatic heterocycles. The van der Waals surface area contributed by atoms with Gasteiger partial charge in [0.25, 0.3) is 0 Å². The Morgan fingerprint density at radius 1 is 1.04 bits per heavy atom. The Balaban J connectivity index is 1.80. The maximum atomic E-state index is 5.99. The first-order chi connectivity index (χ1) is 12.5. The number of nitrogens with zero attached hydrogens (tertiary/aromatic N) is 3. The summed E-state index contributed by atoms with van der Waals surface area (Å²) in [4.78, 5) is 12.5. The molecular formula is C18H22N6O2. The Kier molecular flexibility index (Phi) is 5.04. The topological polar surface area (TPSA) is 121 Å². The largest absolute Gasteiger partial charge is 0.497 e. The van der Waals surface area contributed by atoms with E-state index >= 15 is 0 Å². The zero-order valence-electron chi connectivity index (χ0n) is 15.0. The minimum absolute atomic E-state index is 0.123. The SMILES string of the molecule is COc1ccc(OC)c(CNCc2cnc3nc(N)nc(N)c3c2C)c1. The van der Waals surface area contributed by atoms with Gasteiger partial charge < -0.3 is 26.3 Å². The summed E-state index contributed by atoms with van der Waals surface area (Å²) < 4.78 is 10.7. The van der Waals surface area contributed by atoms with Crippen LogP contribution >= 0.6 is 0 Å². The third-order valence-electron chi connectivity index (χ3n) is 4.25. The smallest absolute Gasteiger partial charge is 0.224 e. The molecule has 0 unspecified atom stereocenters. The van der Waals surface area contributed by atoms with Crippen LogP contribution in [0.2, 0.25) is 0 Å². The van der Waals surface area contributed by atoms with Crippen molar-refractivity contribution in [1.29, 1.82) is 0 Å². The molecule has 0 bridgehead atoms. The molecule has 3 aromatic rings. The van der Waals surface area contributed by atoms with Gasteiger partial charge in [-0.05, 0) is 36.2 Å². The molecule has 1 aromatic carbocycles. The lowest BCUT2D eigenvalue weighted by Gasteiger charge is -2.13. The van der Waals surface area contributed by atoms with Gasteiger partial charge in [-0.25, -0.2) is 4.98 Å². The Bertz CT molecular complexity index is 945. The van der Waals surface area contributed by atoms with E-state index in [0.717, 1.165) is 33.6 Å². The fourth-order valence-corrected chi connectivity index (χ4v) is 2.86. The van der Waals surface area contributed by atoms with Crippen LogP contribution in [0.15, 0.2) is 24.4 Å². The van der Waals surface area contributed by atoms with Crippen molar-refractivity contribution in [3.05, 3.63) is 41.1 Å². The highest BCUT2D eigenvalue weighted by atomic mass is 16.5. The number of nitrogen functional groups attached to an aromatic ring is 2. The predicted molar refractivity (Wildman–Crippen MR) is 101 cm³/mol. The molecule has 8 heteroatoms. The van der Waals surface area contributed by atoms with E-state index in [1.165, 1.54) is 0 Å². The van der Waals surface area contributed by atoms with Gasteiger partial charge in [0.15, 0.2) is 5.65 Å². The van der Waals surface area contributed by atoms with E-state index < -0.39 is 0 Å². The summed E-state index contributed by atoms with van der Waals surface area (Å²) in [6, 6.07) is 5.71. The molecule has 0 saturated heterocycles. The van der Waals surface area contributed by atoms with Gasteiger partial charge >= 0.3 is 0 Å². The molecule has 5 N–H and O–H groups in total. The van der Waals surface area contributed by atoms with Gasteiger partial charge in [0.1, 0.15) is 17.3 Å². The number of anilines is 2. The van der Waals surface area contributed by atoms with Crippen LogP contribution in [0.4, 0.5) is 11.8 Å². The molecule has 0 aliphatic rings. The lowest BCUT2D eigenvalue weighted by molar-refractivity contribution is 0.397. The average Bonchev–Trinajstić information content (AvgIpc) is 2.62. The van der Waals surface area contributed by atoms with Gasteiger partial charge in [0.05, 0.1) is 19.6 Å². The van der Waals surface area contributed by atoms with Crippen LogP contribution in [-0.2, 0) is 13.1 Å². The standard InChI is InChI=1S/C18H22N6O2/c1-10-12(9-22-17-15(10)16(19)23-18(20)24-17)8-21-7-11-6-13(25-2)4-5-14(11)26-3/h4-6,9,21H,7-8H2,1-3H3,(H4,19,20,22,23,24). The summed E-state index contributed by atoms with van der Waals surface area (Å²) >= 11 is 0. The second-order valence-corrected chi connectivity index (χ2v) is 5.86. The fraction of sp³-hybridized carbons (Fsp3) is 0.278. The summed E-state index contributed by atoms with van der Waals surface area (Å²) in [6.45, 7) is 3.20. The maximum absolute atomic E-state index is 5.99. The van der Waals surface area contributed by atoms with Crippen LogP contribution < -0.4 is 26.3 Å². The molecule has 136 valence electrons. The third-order valence-corrected chi connectivity index (χ3v) is 4.25. The van der Waals surface area contributed by atoms with E-state index in [1.54, 1.807) is 20.4 Å². The first-order valence-corrected chi connectivity index (χ1v) is 8.12. The van der Waals surface area contributed by atoms with Gasteiger partial charge in [-0.2, -0.15) is 9.97 Å². The van der Waals surface area contributed by atoms with Gasteiger partial charge in [0.2, 0.25) is 5.95 Å². The number of nitrogens with one attached hydrogen (secondary N) is 1. The molecule has 8 nitrogen and oxygen atoms in total. The van der Waals surface area contributed by atoms with Crippen molar-refractivity contribution in [3.63, 3.8) is 0 Å². The number of methoxy groups -OCH3 is 2. The van der Waals surface area contributed by atoms with Crippen molar-refractivity contribution in [2.24, 2.45) is 0 Å². The molecule has 0 aliphatic carbocycles. The van der Waals surface area contributed by atoms with E-state index in [9.17, 15) is 0 Å². The van der Waals surface area contributed by atoms with Crippen LogP contribution in [0, 0.1) is 6.92 Å². The molecule has 2 heterocycles. The molecule has 0 fully saturated rings. The molecule has 2 aromatic heterocycles. The van der Waals surface area contributed by atoms with Gasteiger partial charge in [-0.3, -0.25) is 0 Å². The molecule has 3 rings (SSSR count). The van der Waals surface area contributed by atoms with Crippen LogP contribution in [-0.4, -0.2) is 29.2 Å². The molecule has 0 amide bonds. The number of ether oxygens (including phenoxy) is 2. The highest BCUT2D eigenvalue weighted by Gasteiger charge is 2.11. The second-order valence-electron chi connectivity index (χ2n) is 5.86. The lowest BCUT2D eigenvalue weighted by Crippen LogP contribution is -2.15. The molecule has 0 saturated carbocycles. The van der Waals surface area contributed by atoms with Crippen molar-refractivity contribution >= 4 is 22.8 Å². The summed E-state index contributed by atoms with van der Waals surface area (Å²) in [7, 11) is 3.29. The average molecular weight is 354 g/mol. The Morgan fingerprint density at radius 3 is 2.54 bits per heavy atom. The fourth-order valence-electron chi connectivity index (χ4n) is 2.86. The monoisotopic (exact) mass is 354 g/mol. The number of aryl methyl sites for hydroxylation is 1. The zero-order valence-corrected chi connectivity index (χ0v) is 15.0. The zero-order chi connectivity index (χ0) is 18.7. The highest BCUT2D eigenvalue weighted by Crippen LogP contribution is 2.25. The minimum atomic E-state index is 0.123. The minimum Gasteiger partial charge on any atom is -0.497 e. The maximum Gasteiger partial charge on any atom is 0.224 e. The van der Waals surface area contributed by atoms with Gasteiger partial charge in [-0.1, -0.05) is 0 Å². The van der Waals surface area contributed by atoms with E-state index in [4.69, 9.17) is 20.9 Å². The number of fused-ring (bicyclic) bond motifs is 1. The van der Waals surface area contributed by atoms with Crippen molar-refractivity contribution in [2.45, 2.75) is 20.0 Å². The number of hydrogen-bond acceptors (Lipinski definition) is 8. The van der Waals surface area contributed by atoms with Crippen molar-refractivity contribution in [2.75, 3.05) is 25.7 Å². The van der Waals surface area contributed by atoms with Crippen LogP contribution in [0.1, 0.15) is 16.7 Å². The normalized spacial score (nSPS) is 10.9. The molecule has 0 spiro atoms. The van der Waals surface area contributed by atoms with Crippen LogP contribution in [0.25, 0.3) is 11.0 Å². The Labute approximate surface area is 151 Å². The number of benzene rings is 1. The van der Waals surface area contributed by atoms with Crippen LogP contribution in [0.5, 0.6) is 11.5 Å². The highest BCUT2D eigenvalue weighted by molar-refractivity contribution is 5.89.